The first-order valence-electron chi connectivity index (χ1n) is 6.61. The minimum absolute atomic E-state index is 0.351. The van der Waals surface area contributed by atoms with Gasteiger partial charge in [-0.25, -0.2) is 9.78 Å². The summed E-state index contributed by atoms with van der Waals surface area (Å²) >= 11 is 2.59. The highest BCUT2D eigenvalue weighted by Crippen LogP contribution is 2.29. The Hall–Kier alpha value is -2.45. The van der Waals surface area contributed by atoms with Gasteiger partial charge in [-0.3, -0.25) is 10.1 Å². The Bertz CT molecular complexity index is 842. The van der Waals surface area contributed by atoms with E-state index in [0.717, 1.165) is 16.0 Å². The monoisotopic (exact) mass is 348 g/mol. The fourth-order valence-corrected chi connectivity index (χ4v) is 3.36. The number of methoxy groups -OCH3 is 1. The molecule has 2 heterocycles. The number of thiophene rings is 1. The molecule has 2 aromatic heterocycles. The van der Waals surface area contributed by atoms with Crippen LogP contribution in [0.15, 0.2) is 35.7 Å². The number of anilines is 1. The highest BCUT2D eigenvalue weighted by Gasteiger charge is 2.13. The lowest BCUT2D eigenvalue weighted by Crippen LogP contribution is -2.20. The van der Waals surface area contributed by atoms with Crippen LogP contribution < -0.4 is 10.1 Å². The number of hydrogen-bond donors (Lipinski definition) is 1. The fraction of sp³-hybridized carbons (Fsp3) is 0.133. The Balaban J connectivity index is 1.60. The number of nitrogens with one attached hydrogen (secondary N) is 1. The van der Waals surface area contributed by atoms with Gasteiger partial charge in [-0.2, -0.15) is 0 Å². The van der Waals surface area contributed by atoms with Crippen molar-refractivity contribution in [3.63, 3.8) is 0 Å². The van der Waals surface area contributed by atoms with E-state index in [-0.39, 0.29) is 6.61 Å². The molecule has 23 heavy (non-hydrogen) atoms. The third-order valence-corrected chi connectivity index (χ3v) is 4.68. The van der Waals surface area contributed by atoms with Gasteiger partial charge < -0.3 is 9.47 Å². The maximum Gasteiger partial charge on any atom is 0.348 e. The van der Waals surface area contributed by atoms with Crippen LogP contribution in [0.1, 0.15) is 9.67 Å². The van der Waals surface area contributed by atoms with Crippen LogP contribution in [0.3, 0.4) is 0 Å². The highest BCUT2D eigenvalue weighted by atomic mass is 32.1. The summed E-state index contributed by atoms with van der Waals surface area (Å²) in [5.41, 5.74) is 0.765. The van der Waals surface area contributed by atoms with Crippen molar-refractivity contribution in [2.75, 3.05) is 19.0 Å². The van der Waals surface area contributed by atoms with Crippen LogP contribution in [0.2, 0.25) is 0 Å². The van der Waals surface area contributed by atoms with Crippen molar-refractivity contribution in [2.24, 2.45) is 0 Å². The van der Waals surface area contributed by atoms with Crippen LogP contribution in [0.5, 0.6) is 5.75 Å². The Morgan fingerprint density at radius 3 is 2.91 bits per heavy atom. The molecule has 1 N–H and O–H groups in total. The van der Waals surface area contributed by atoms with Crippen LogP contribution in [0.4, 0.5) is 5.13 Å². The number of benzene rings is 1. The van der Waals surface area contributed by atoms with Gasteiger partial charge >= 0.3 is 5.97 Å². The molecule has 0 spiro atoms. The topological polar surface area (TPSA) is 77.5 Å². The smallest absolute Gasteiger partial charge is 0.348 e. The first-order valence-corrected chi connectivity index (χ1v) is 8.30. The van der Waals surface area contributed by atoms with E-state index in [2.05, 4.69) is 10.3 Å². The standard InChI is InChI=1S/C15H12N2O4S2/c1-20-9-4-5-10-12(7-9)23-15(16-10)17-13(18)8-21-14(19)11-3-2-6-22-11/h2-7H,8H2,1H3,(H,16,17,18). The molecule has 1 aromatic carbocycles. The predicted molar refractivity (Wildman–Crippen MR) is 89.4 cm³/mol. The van der Waals surface area contributed by atoms with E-state index in [4.69, 9.17) is 9.47 Å². The van der Waals surface area contributed by atoms with E-state index in [1.54, 1.807) is 30.7 Å². The number of hydrogen-bond acceptors (Lipinski definition) is 7. The van der Waals surface area contributed by atoms with Gasteiger partial charge in [0.25, 0.3) is 5.91 Å². The molecule has 0 fully saturated rings. The Morgan fingerprint density at radius 1 is 1.30 bits per heavy atom. The molecule has 6 nitrogen and oxygen atoms in total. The number of rotatable bonds is 5. The summed E-state index contributed by atoms with van der Waals surface area (Å²) in [5, 5.41) is 4.84. The minimum atomic E-state index is -0.510. The number of carbonyl (C=O) groups is 2. The summed E-state index contributed by atoms with van der Waals surface area (Å²) < 4.78 is 11.0. The third-order valence-electron chi connectivity index (χ3n) is 2.90. The number of nitrogens with zero attached hydrogens (tertiary/aromatic N) is 1. The zero-order valence-electron chi connectivity index (χ0n) is 12.1. The van der Waals surface area contributed by atoms with Crippen LogP contribution in [-0.2, 0) is 9.53 Å². The van der Waals surface area contributed by atoms with Crippen LogP contribution in [0, 0.1) is 0 Å². The van der Waals surface area contributed by atoms with Crippen molar-refractivity contribution in [1.29, 1.82) is 0 Å². The van der Waals surface area contributed by atoms with Crippen LogP contribution >= 0.6 is 22.7 Å². The van der Waals surface area contributed by atoms with Gasteiger partial charge in [-0.1, -0.05) is 17.4 Å². The van der Waals surface area contributed by atoms with E-state index in [1.807, 2.05) is 12.1 Å². The van der Waals surface area contributed by atoms with Crippen LogP contribution in [0.25, 0.3) is 10.2 Å². The minimum Gasteiger partial charge on any atom is -0.497 e. The number of fused-ring (bicyclic) bond motifs is 1. The number of aromatic nitrogens is 1. The number of thiazole rings is 1. The predicted octanol–water partition coefficient (Wildman–Crippen LogP) is 3.16. The first kappa shape index (κ1) is 15.4. The molecule has 0 aliphatic rings. The quantitative estimate of drug-likeness (QED) is 0.717. The van der Waals surface area contributed by atoms with Gasteiger partial charge in [-0.05, 0) is 29.6 Å². The molecule has 8 heteroatoms. The van der Waals surface area contributed by atoms with Gasteiger partial charge in [0.1, 0.15) is 10.6 Å². The molecule has 1 amide bonds. The van der Waals surface area contributed by atoms with Crippen molar-refractivity contribution in [3.05, 3.63) is 40.6 Å². The molecule has 0 atom stereocenters. The van der Waals surface area contributed by atoms with E-state index in [9.17, 15) is 9.59 Å². The molecule has 3 aromatic rings. The van der Waals surface area contributed by atoms with Gasteiger partial charge in [-0.15, -0.1) is 11.3 Å². The first-order chi connectivity index (χ1) is 11.2. The summed E-state index contributed by atoms with van der Waals surface area (Å²) in [6.45, 7) is -0.351. The number of ether oxygens (including phenoxy) is 2. The summed E-state index contributed by atoms with van der Waals surface area (Å²) in [6, 6.07) is 8.86. The zero-order valence-corrected chi connectivity index (χ0v) is 13.7. The molecule has 0 aliphatic carbocycles. The summed E-state index contributed by atoms with van der Waals surface area (Å²) in [5.74, 6) is -0.214. The third kappa shape index (κ3) is 3.66. The Labute approximate surface area is 139 Å². The molecular formula is C15H12N2O4S2. The molecule has 118 valence electrons. The van der Waals surface area contributed by atoms with Crippen molar-refractivity contribution in [1.82, 2.24) is 4.98 Å². The lowest BCUT2D eigenvalue weighted by Gasteiger charge is -2.02. The molecule has 0 saturated carbocycles. The maximum absolute atomic E-state index is 11.8. The lowest BCUT2D eigenvalue weighted by molar-refractivity contribution is -0.119. The molecule has 0 bridgehead atoms. The number of amides is 1. The van der Waals surface area contributed by atoms with Gasteiger partial charge in [0.15, 0.2) is 11.7 Å². The highest BCUT2D eigenvalue weighted by molar-refractivity contribution is 7.22. The van der Waals surface area contributed by atoms with Gasteiger partial charge in [0, 0.05) is 0 Å². The average Bonchev–Trinajstić information content (AvgIpc) is 3.20. The second-order valence-electron chi connectivity index (χ2n) is 4.45. The number of carbonyl (C=O) groups excluding carboxylic acids is 2. The molecular weight excluding hydrogens is 336 g/mol. The summed E-state index contributed by atoms with van der Waals surface area (Å²) in [6.07, 6.45) is 0. The van der Waals surface area contributed by atoms with E-state index >= 15 is 0 Å². The fourth-order valence-electron chi connectivity index (χ4n) is 1.84. The van der Waals surface area contributed by atoms with Crippen molar-refractivity contribution in [3.8, 4) is 5.75 Å². The average molecular weight is 348 g/mol. The Morgan fingerprint density at radius 2 is 2.17 bits per heavy atom. The molecule has 3 rings (SSSR count). The van der Waals surface area contributed by atoms with Crippen molar-refractivity contribution >= 4 is 49.9 Å². The van der Waals surface area contributed by atoms with E-state index in [1.165, 1.54) is 22.7 Å². The number of esters is 1. The summed E-state index contributed by atoms with van der Waals surface area (Å²) in [7, 11) is 1.59. The lowest BCUT2D eigenvalue weighted by atomic mass is 10.3. The van der Waals surface area contributed by atoms with Gasteiger partial charge in [0.2, 0.25) is 0 Å². The van der Waals surface area contributed by atoms with E-state index < -0.39 is 11.9 Å². The molecule has 0 aliphatic heterocycles. The van der Waals surface area contributed by atoms with Crippen molar-refractivity contribution in [2.45, 2.75) is 0 Å². The largest absolute Gasteiger partial charge is 0.497 e. The second kappa shape index (κ2) is 6.76. The molecule has 0 unspecified atom stereocenters. The Kier molecular flexibility index (Phi) is 4.54. The summed E-state index contributed by atoms with van der Waals surface area (Å²) in [4.78, 5) is 28.3. The van der Waals surface area contributed by atoms with E-state index in [0.29, 0.717) is 10.0 Å². The maximum atomic E-state index is 11.8. The molecule has 0 radical (unpaired) electrons. The van der Waals surface area contributed by atoms with Gasteiger partial charge in [0.05, 0.1) is 17.3 Å². The second-order valence-corrected chi connectivity index (χ2v) is 6.43. The van der Waals surface area contributed by atoms with Crippen LogP contribution in [-0.4, -0.2) is 30.6 Å². The van der Waals surface area contributed by atoms with Crippen molar-refractivity contribution < 1.29 is 19.1 Å². The normalized spacial score (nSPS) is 10.5. The SMILES string of the molecule is COc1ccc2nc(NC(=O)COC(=O)c3cccs3)sc2c1. The molecule has 0 saturated heterocycles. The zero-order chi connectivity index (χ0) is 16.2.